The molecule has 1 aromatic rings. The summed E-state index contributed by atoms with van der Waals surface area (Å²) in [6, 6.07) is 10.0. The van der Waals surface area contributed by atoms with E-state index < -0.39 is 0 Å². The van der Waals surface area contributed by atoms with Crippen molar-refractivity contribution >= 4 is 6.08 Å². The molecule has 0 amide bonds. The summed E-state index contributed by atoms with van der Waals surface area (Å²) in [5.74, 6) is 0. The van der Waals surface area contributed by atoms with Gasteiger partial charge in [0.1, 0.15) is 0 Å². The maximum atomic E-state index is 3.91. The van der Waals surface area contributed by atoms with Gasteiger partial charge in [-0.1, -0.05) is 92.6 Å². The van der Waals surface area contributed by atoms with Gasteiger partial charge in [0.2, 0.25) is 0 Å². The zero-order valence-corrected chi connectivity index (χ0v) is 12.5. The third-order valence-corrected chi connectivity index (χ3v) is 2.51. The second-order valence-electron chi connectivity index (χ2n) is 4.11. The Morgan fingerprint density at radius 2 is 1.70 bits per heavy atom. The van der Waals surface area contributed by atoms with Crippen molar-refractivity contribution in [3.63, 3.8) is 0 Å². The molecule has 0 bridgehead atoms. The van der Waals surface area contributed by atoms with Crippen LogP contribution in [0.2, 0.25) is 0 Å². The van der Waals surface area contributed by atoms with Crippen molar-refractivity contribution in [1.29, 1.82) is 0 Å². The SMILES string of the molecule is C=C/C=C\C(=C)/C(C)=C/C=C/C.C=Cc1ccccc1. The highest BCUT2D eigenvalue weighted by Crippen LogP contribution is 2.07. The zero-order valence-electron chi connectivity index (χ0n) is 12.5. The van der Waals surface area contributed by atoms with Crippen molar-refractivity contribution < 1.29 is 0 Å². The monoisotopic (exact) mass is 264 g/mol. The Balaban J connectivity index is 0.000000388. The molecule has 0 aliphatic carbocycles. The lowest BCUT2D eigenvalue weighted by Crippen LogP contribution is -1.76. The smallest absolute Gasteiger partial charge is 0.0263 e. The molecular formula is C20H24. The number of allylic oxidation sites excluding steroid dienone is 8. The van der Waals surface area contributed by atoms with E-state index in [-0.39, 0.29) is 0 Å². The molecule has 20 heavy (non-hydrogen) atoms. The van der Waals surface area contributed by atoms with E-state index in [0.29, 0.717) is 0 Å². The third kappa shape index (κ3) is 8.71. The standard InChI is InChI=1S/C12H16.C8H8/c1-5-7-9-11(3)12(4)10-8-6-2;1-2-8-6-4-3-5-7-8/h5-10H,1,3H2,2,4H3;2-7H,1H2/b8-6+,9-7-,12-10+;. The highest BCUT2D eigenvalue weighted by Gasteiger charge is 1.87. The number of hydrogen-bond acceptors (Lipinski definition) is 0. The van der Waals surface area contributed by atoms with Gasteiger partial charge >= 0.3 is 0 Å². The van der Waals surface area contributed by atoms with Crippen LogP contribution in [0.15, 0.2) is 97.7 Å². The predicted octanol–water partition coefficient (Wildman–Crippen LogP) is 6.14. The topological polar surface area (TPSA) is 0 Å². The van der Waals surface area contributed by atoms with Crippen molar-refractivity contribution in [2.45, 2.75) is 13.8 Å². The Kier molecular flexibility index (Phi) is 10.4. The van der Waals surface area contributed by atoms with Gasteiger partial charge in [0.25, 0.3) is 0 Å². The van der Waals surface area contributed by atoms with Crippen LogP contribution in [0.3, 0.4) is 0 Å². The van der Waals surface area contributed by atoms with E-state index in [9.17, 15) is 0 Å². The minimum Gasteiger partial charge on any atom is -0.0991 e. The predicted molar refractivity (Wildman–Crippen MR) is 93.6 cm³/mol. The Hall–Kier alpha value is -2.34. The fourth-order valence-corrected chi connectivity index (χ4v) is 1.25. The lowest BCUT2D eigenvalue weighted by Gasteiger charge is -1.96. The van der Waals surface area contributed by atoms with Gasteiger partial charge in [-0.05, 0) is 30.6 Å². The van der Waals surface area contributed by atoms with E-state index in [1.807, 2.05) is 80.6 Å². The fourth-order valence-electron chi connectivity index (χ4n) is 1.25. The van der Waals surface area contributed by atoms with E-state index in [2.05, 4.69) is 19.7 Å². The highest BCUT2D eigenvalue weighted by molar-refractivity contribution is 5.45. The Morgan fingerprint density at radius 1 is 1.05 bits per heavy atom. The first-order valence-electron chi connectivity index (χ1n) is 6.61. The van der Waals surface area contributed by atoms with Crippen LogP contribution in [-0.2, 0) is 0 Å². The summed E-state index contributed by atoms with van der Waals surface area (Å²) in [5.41, 5.74) is 3.37. The molecule has 0 atom stereocenters. The molecule has 1 rings (SSSR count). The highest BCUT2D eigenvalue weighted by atomic mass is 13.9. The summed E-state index contributed by atoms with van der Waals surface area (Å²) >= 11 is 0. The molecule has 0 heterocycles. The molecule has 0 saturated heterocycles. The van der Waals surface area contributed by atoms with Crippen molar-refractivity contribution in [2.24, 2.45) is 0 Å². The van der Waals surface area contributed by atoms with Crippen molar-refractivity contribution in [1.82, 2.24) is 0 Å². The van der Waals surface area contributed by atoms with Gasteiger partial charge < -0.3 is 0 Å². The number of hydrogen-bond donors (Lipinski definition) is 0. The van der Waals surface area contributed by atoms with Gasteiger partial charge in [0.05, 0.1) is 0 Å². The minimum absolute atomic E-state index is 1.02. The largest absolute Gasteiger partial charge is 0.0991 e. The van der Waals surface area contributed by atoms with Gasteiger partial charge in [0.15, 0.2) is 0 Å². The van der Waals surface area contributed by atoms with Crippen LogP contribution in [-0.4, -0.2) is 0 Å². The van der Waals surface area contributed by atoms with E-state index >= 15 is 0 Å². The normalized spacial score (nSPS) is 11.0. The maximum Gasteiger partial charge on any atom is -0.0263 e. The van der Waals surface area contributed by atoms with Gasteiger partial charge in [0, 0.05) is 0 Å². The lowest BCUT2D eigenvalue weighted by molar-refractivity contribution is 1.44. The Morgan fingerprint density at radius 3 is 2.15 bits per heavy atom. The van der Waals surface area contributed by atoms with Crippen LogP contribution in [0.5, 0.6) is 0 Å². The molecule has 0 fully saturated rings. The van der Waals surface area contributed by atoms with E-state index in [4.69, 9.17) is 0 Å². The van der Waals surface area contributed by atoms with E-state index in [1.165, 1.54) is 11.1 Å². The fraction of sp³-hybridized carbons (Fsp3) is 0.100. The molecule has 0 aliphatic rings. The summed E-state index contributed by atoms with van der Waals surface area (Å²) in [7, 11) is 0. The van der Waals surface area contributed by atoms with Crippen molar-refractivity contribution in [3.05, 3.63) is 103 Å². The average Bonchev–Trinajstić information content (AvgIpc) is 2.51. The van der Waals surface area contributed by atoms with Gasteiger partial charge in [-0.25, -0.2) is 0 Å². The van der Waals surface area contributed by atoms with Crippen LogP contribution >= 0.6 is 0 Å². The van der Waals surface area contributed by atoms with Gasteiger partial charge in [-0.2, -0.15) is 0 Å². The van der Waals surface area contributed by atoms with Crippen LogP contribution < -0.4 is 0 Å². The Bertz CT molecular complexity index is 496. The summed E-state index contributed by atoms with van der Waals surface area (Å²) in [6.45, 7) is 15.2. The summed E-state index contributed by atoms with van der Waals surface area (Å²) in [6.07, 6.45) is 13.4. The van der Waals surface area contributed by atoms with Crippen LogP contribution in [0, 0.1) is 0 Å². The zero-order chi connectivity index (χ0) is 15.2. The molecule has 1 aromatic carbocycles. The maximum absolute atomic E-state index is 3.91. The molecule has 0 saturated carbocycles. The van der Waals surface area contributed by atoms with Crippen molar-refractivity contribution in [2.75, 3.05) is 0 Å². The second-order valence-corrected chi connectivity index (χ2v) is 4.11. The minimum atomic E-state index is 1.02. The Labute approximate surface area is 123 Å². The molecule has 0 heteroatoms. The first kappa shape index (κ1) is 17.7. The van der Waals surface area contributed by atoms with E-state index in [0.717, 1.165) is 5.57 Å². The molecule has 0 radical (unpaired) electrons. The first-order chi connectivity index (χ1) is 9.65. The molecule has 0 nitrogen and oxygen atoms in total. The molecule has 0 unspecified atom stereocenters. The van der Waals surface area contributed by atoms with E-state index in [1.54, 1.807) is 6.08 Å². The second kappa shape index (κ2) is 11.7. The molecule has 104 valence electrons. The van der Waals surface area contributed by atoms with Gasteiger partial charge in [-0.15, -0.1) is 0 Å². The van der Waals surface area contributed by atoms with Crippen LogP contribution in [0.1, 0.15) is 19.4 Å². The molecule has 0 aliphatic heterocycles. The quantitative estimate of drug-likeness (QED) is 0.560. The number of benzene rings is 1. The van der Waals surface area contributed by atoms with Crippen LogP contribution in [0.25, 0.3) is 6.08 Å². The van der Waals surface area contributed by atoms with Crippen molar-refractivity contribution in [3.8, 4) is 0 Å². The first-order valence-corrected chi connectivity index (χ1v) is 6.61. The molecular weight excluding hydrogens is 240 g/mol. The van der Waals surface area contributed by atoms with Gasteiger partial charge in [-0.3, -0.25) is 0 Å². The summed E-state index contributed by atoms with van der Waals surface area (Å²) in [4.78, 5) is 0. The average molecular weight is 264 g/mol. The molecule has 0 spiro atoms. The summed E-state index contributed by atoms with van der Waals surface area (Å²) < 4.78 is 0. The molecule has 0 N–H and O–H groups in total. The third-order valence-electron chi connectivity index (χ3n) is 2.51. The van der Waals surface area contributed by atoms with Crippen LogP contribution in [0.4, 0.5) is 0 Å². The summed E-state index contributed by atoms with van der Waals surface area (Å²) in [5, 5.41) is 0. The molecule has 0 aromatic heterocycles. The number of rotatable bonds is 5. The lowest BCUT2D eigenvalue weighted by atomic mass is 10.1.